The summed E-state index contributed by atoms with van der Waals surface area (Å²) in [5.41, 5.74) is 0.894. The van der Waals surface area contributed by atoms with Crippen LogP contribution in [0.1, 0.15) is 30.2 Å². The summed E-state index contributed by atoms with van der Waals surface area (Å²) in [6, 6.07) is 11.3. The van der Waals surface area contributed by atoms with Crippen LogP contribution in [0.25, 0.3) is 0 Å². The van der Waals surface area contributed by atoms with E-state index in [4.69, 9.17) is 4.74 Å². The molecule has 29 heavy (non-hydrogen) atoms. The quantitative estimate of drug-likeness (QED) is 0.312. The van der Waals surface area contributed by atoms with E-state index in [1.807, 2.05) is 6.07 Å². The van der Waals surface area contributed by atoms with E-state index in [0.29, 0.717) is 25.7 Å². The molecule has 2 aromatic rings. The summed E-state index contributed by atoms with van der Waals surface area (Å²) in [5, 5.41) is 9.04. The third-order valence-electron chi connectivity index (χ3n) is 5.45. The van der Waals surface area contributed by atoms with Gasteiger partial charge in [-0.25, -0.2) is 4.39 Å². The van der Waals surface area contributed by atoms with Crippen LogP contribution < -0.4 is 10.6 Å². The zero-order chi connectivity index (χ0) is 19.8. The summed E-state index contributed by atoms with van der Waals surface area (Å²) in [4.78, 5) is 5.78. The number of rotatable bonds is 7. The first-order valence-electron chi connectivity index (χ1n) is 9.92. The van der Waals surface area contributed by atoms with E-state index in [2.05, 4.69) is 40.1 Å². The maximum absolute atomic E-state index is 13.8. The van der Waals surface area contributed by atoms with Crippen LogP contribution in [0, 0.1) is 11.7 Å². The molecule has 1 atom stereocenters. The van der Waals surface area contributed by atoms with Gasteiger partial charge in [-0.15, -0.1) is 35.3 Å². The predicted molar refractivity (Wildman–Crippen MR) is 130 cm³/mol. The average Bonchev–Trinajstić information content (AvgIpc) is 3.22. The summed E-state index contributed by atoms with van der Waals surface area (Å²) < 4.78 is 19.4. The van der Waals surface area contributed by atoms with Crippen molar-refractivity contribution in [3.05, 3.63) is 58.0 Å². The molecule has 4 nitrogen and oxygen atoms in total. The van der Waals surface area contributed by atoms with Crippen LogP contribution in [0.2, 0.25) is 0 Å². The lowest BCUT2D eigenvalue weighted by Crippen LogP contribution is -2.48. The fourth-order valence-electron chi connectivity index (χ4n) is 3.74. The maximum atomic E-state index is 13.8. The highest BCUT2D eigenvalue weighted by Crippen LogP contribution is 2.34. The average molecular weight is 531 g/mol. The third-order valence-corrected chi connectivity index (χ3v) is 6.35. The highest BCUT2D eigenvalue weighted by Gasteiger charge is 2.35. The molecule has 0 saturated carbocycles. The van der Waals surface area contributed by atoms with Gasteiger partial charge in [-0.2, -0.15) is 0 Å². The number of thiophene rings is 1. The Labute approximate surface area is 194 Å². The van der Waals surface area contributed by atoms with Gasteiger partial charge in [-0.05, 0) is 54.3 Å². The Morgan fingerprint density at radius 1 is 1.24 bits per heavy atom. The van der Waals surface area contributed by atoms with Crippen molar-refractivity contribution in [3.63, 3.8) is 0 Å². The van der Waals surface area contributed by atoms with Gasteiger partial charge in [0.1, 0.15) is 5.82 Å². The van der Waals surface area contributed by atoms with Crippen LogP contribution >= 0.6 is 35.3 Å². The predicted octanol–water partition coefficient (Wildman–Crippen LogP) is 4.60. The summed E-state index contributed by atoms with van der Waals surface area (Å²) >= 11 is 1.80. The van der Waals surface area contributed by atoms with Gasteiger partial charge < -0.3 is 15.4 Å². The van der Waals surface area contributed by atoms with Gasteiger partial charge in [0.05, 0.1) is 0 Å². The zero-order valence-electron chi connectivity index (χ0n) is 17.1. The minimum Gasteiger partial charge on any atom is -0.381 e. The first kappa shape index (κ1) is 24.1. The highest BCUT2D eigenvalue weighted by atomic mass is 127. The van der Waals surface area contributed by atoms with Crippen LogP contribution in [0.4, 0.5) is 4.39 Å². The normalized spacial score (nSPS) is 17.3. The van der Waals surface area contributed by atoms with Crippen molar-refractivity contribution in [1.82, 2.24) is 10.6 Å². The number of ether oxygens (including phenoxy) is 1. The molecule has 2 heterocycles. The van der Waals surface area contributed by atoms with Gasteiger partial charge in [0, 0.05) is 43.6 Å². The summed E-state index contributed by atoms with van der Waals surface area (Å²) in [6.45, 7) is 5.20. The molecule has 1 unspecified atom stereocenters. The Kier molecular flexibility index (Phi) is 9.85. The minimum absolute atomic E-state index is 0. The fraction of sp³-hybridized carbons (Fsp3) is 0.500. The Morgan fingerprint density at radius 3 is 2.69 bits per heavy atom. The molecule has 7 heteroatoms. The van der Waals surface area contributed by atoms with E-state index in [1.54, 1.807) is 30.5 Å². The van der Waals surface area contributed by atoms with E-state index >= 15 is 0 Å². The van der Waals surface area contributed by atoms with Crippen LogP contribution in [0.3, 0.4) is 0 Å². The number of guanidine groups is 1. The summed E-state index contributed by atoms with van der Waals surface area (Å²) in [5.74, 6) is 1.12. The van der Waals surface area contributed by atoms with Gasteiger partial charge in [0.2, 0.25) is 0 Å². The molecular weight excluding hydrogens is 500 g/mol. The van der Waals surface area contributed by atoms with Crippen molar-refractivity contribution in [2.75, 3.05) is 33.4 Å². The number of halogens is 2. The van der Waals surface area contributed by atoms with E-state index < -0.39 is 0 Å². The van der Waals surface area contributed by atoms with Crippen LogP contribution in [0.5, 0.6) is 0 Å². The smallest absolute Gasteiger partial charge is 0.191 e. The van der Waals surface area contributed by atoms with Gasteiger partial charge in [-0.3, -0.25) is 4.99 Å². The number of nitrogens with one attached hydrogen (secondary N) is 2. The van der Waals surface area contributed by atoms with Crippen molar-refractivity contribution in [2.24, 2.45) is 10.9 Å². The molecule has 1 aliphatic heterocycles. The molecule has 1 aromatic heterocycles. The number of nitrogens with zero attached hydrogens (tertiary/aromatic N) is 1. The van der Waals surface area contributed by atoms with Crippen molar-refractivity contribution < 1.29 is 9.13 Å². The van der Waals surface area contributed by atoms with Crippen molar-refractivity contribution >= 4 is 41.3 Å². The standard InChI is InChI=1S/C22H30FN3OS.HI/c1-17(13-20-7-4-12-28-20)15-25-21(24-2)26-16-22(8-10-27-11-9-22)18-5-3-6-19(23)14-18;/h3-7,12,14,17H,8-11,13,15-16H2,1-2H3,(H2,24,25,26);1H. The molecule has 0 bridgehead atoms. The molecule has 160 valence electrons. The fourth-order valence-corrected chi connectivity index (χ4v) is 4.61. The van der Waals surface area contributed by atoms with Crippen molar-refractivity contribution in [1.29, 1.82) is 0 Å². The number of hydrogen-bond acceptors (Lipinski definition) is 3. The van der Waals surface area contributed by atoms with E-state index in [0.717, 1.165) is 37.3 Å². The third kappa shape index (κ3) is 6.93. The second kappa shape index (κ2) is 11.9. The SMILES string of the molecule is CN=C(NCC(C)Cc1cccs1)NCC1(c2cccc(F)c2)CCOCC1.I. The molecule has 0 spiro atoms. The Balaban J connectivity index is 0.00000300. The van der Waals surface area contributed by atoms with Gasteiger partial charge in [0.15, 0.2) is 5.96 Å². The second-order valence-corrected chi connectivity index (χ2v) is 8.63. The molecule has 0 aliphatic carbocycles. The lowest BCUT2D eigenvalue weighted by atomic mass is 9.74. The van der Waals surface area contributed by atoms with Crippen LogP contribution in [-0.2, 0) is 16.6 Å². The number of hydrogen-bond donors (Lipinski definition) is 2. The van der Waals surface area contributed by atoms with Crippen LogP contribution in [0.15, 0.2) is 46.8 Å². The van der Waals surface area contributed by atoms with Crippen LogP contribution in [-0.4, -0.2) is 39.3 Å². The number of aliphatic imine (C=N–C) groups is 1. The molecule has 2 N–H and O–H groups in total. The number of benzene rings is 1. The van der Waals surface area contributed by atoms with Crippen molar-refractivity contribution in [3.8, 4) is 0 Å². The van der Waals surface area contributed by atoms with E-state index in [9.17, 15) is 4.39 Å². The molecule has 0 radical (unpaired) electrons. The molecule has 1 aromatic carbocycles. The summed E-state index contributed by atoms with van der Waals surface area (Å²) in [7, 11) is 1.79. The highest BCUT2D eigenvalue weighted by molar-refractivity contribution is 14.0. The molecule has 3 rings (SSSR count). The molecule has 1 aliphatic rings. The Hall–Kier alpha value is -1.19. The minimum atomic E-state index is -0.187. The van der Waals surface area contributed by atoms with Gasteiger partial charge in [-0.1, -0.05) is 25.1 Å². The van der Waals surface area contributed by atoms with Gasteiger partial charge in [0.25, 0.3) is 0 Å². The lowest BCUT2D eigenvalue weighted by Gasteiger charge is -2.38. The zero-order valence-corrected chi connectivity index (χ0v) is 20.3. The first-order chi connectivity index (χ1) is 13.6. The Bertz CT molecular complexity index is 763. The van der Waals surface area contributed by atoms with E-state index in [1.165, 1.54) is 10.9 Å². The largest absolute Gasteiger partial charge is 0.381 e. The second-order valence-electron chi connectivity index (χ2n) is 7.60. The molecule has 1 fully saturated rings. The molecule has 0 amide bonds. The van der Waals surface area contributed by atoms with Crippen molar-refractivity contribution in [2.45, 2.75) is 31.6 Å². The van der Waals surface area contributed by atoms with Gasteiger partial charge >= 0.3 is 0 Å². The maximum Gasteiger partial charge on any atom is 0.191 e. The lowest BCUT2D eigenvalue weighted by molar-refractivity contribution is 0.0513. The Morgan fingerprint density at radius 2 is 2.03 bits per heavy atom. The topological polar surface area (TPSA) is 45.7 Å². The monoisotopic (exact) mass is 531 g/mol. The molecule has 1 saturated heterocycles. The summed E-state index contributed by atoms with van der Waals surface area (Å²) in [6.07, 6.45) is 2.80. The molecular formula is C22H31FIN3OS. The van der Waals surface area contributed by atoms with E-state index in [-0.39, 0.29) is 35.2 Å². The first-order valence-corrected chi connectivity index (χ1v) is 10.8.